The first-order chi connectivity index (χ1) is 19.5. The smallest absolute Gasteiger partial charge is 0.410 e. The quantitative estimate of drug-likeness (QED) is 0.372. The molecule has 2 saturated heterocycles. The molecule has 2 fully saturated rings. The first-order valence-corrected chi connectivity index (χ1v) is 14.8. The third-order valence-corrected chi connectivity index (χ3v) is 8.44. The molecule has 2 aliphatic heterocycles. The molecule has 1 N–H and O–H groups in total. The maximum atomic E-state index is 12.4. The SMILES string of the molecule is COc1cc(OC)c(-c2cn3ccc(N4CC[C@H](NC(C)C5CCN(C(=O)OC(C)(C)C)CC5)C4)cc3n2)cc1Cl. The lowest BCUT2D eigenvalue weighted by Gasteiger charge is -2.36. The second-order valence-electron chi connectivity index (χ2n) is 12.2. The van der Waals surface area contributed by atoms with Gasteiger partial charge in [-0.05, 0) is 65.0 Å². The fourth-order valence-electron chi connectivity index (χ4n) is 5.91. The highest BCUT2D eigenvalue weighted by molar-refractivity contribution is 6.32. The zero-order valence-electron chi connectivity index (χ0n) is 24.9. The molecule has 222 valence electrons. The lowest BCUT2D eigenvalue weighted by molar-refractivity contribution is 0.0170. The lowest BCUT2D eigenvalue weighted by Crippen LogP contribution is -2.48. The first-order valence-electron chi connectivity index (χ1n) is 14.4. The van der Waals surface area contributed by atoms with E-state index in [1.807, 2.05) is 42.3 Å². The summed E-state index contributed by atoms with van der Waals surface area (Å²) < 4.78 is 18.5. The number of benzene rings is 1. The Morgan fingerprint density at radius 3 is 2.49 bits per heavy atom. The molecule has 2 aliphatic rings. The summed E-state index contributed by atoms with van der Waals surface area (Å²) in [6.07, 6.45) is 6.93. The molecule has 2 atom stereocenters. The molecular weight excluding hydrogens is 542 g/mol. The molecule has 2 aromatic heterocycles. The number of likely N-dealkylation sites (tertiary alicyclic amines) is 1. The minimum Gasteiger partial charge on any atom is -0.496 e. The van der Waals surface area contributed by atoms with Crippen LogP contribution < -0.4 is 19.7 Å². The summed E-state index contributed by atoms with van der Waals surface area (Å²) in [6.45, 7) is 11.5. The largest absolute Gasteiger partial charge is 0.496 e. The van der Waals surface area contributed by atoms with Crippen LogP contribution in [-0.2, 0) is 4.74 Å². The number of hydrogen-bond acceptors (Lipinski definition) is 7. The summed E-state index contributed by atoms with van der Waals surface area (Å²) in [7, 11) is 3.22. The number of rotatable bonds is 7. The number of pyridine rings is 1. The monoisotopic (exact) mass is 583 g/mol. The Labute approximate surface area is 247 Å². The molecule has 0 aliphatic carbocycles. The number of fused-ring (bicyclic) bond motifs is 1. The number of ether oxygens (including phenoxy) is 3. The zero-order valence-corrected chi connectivity index (χ0v) is 25.7. The van der Waals surface area contributed by atoms with Gasteiger partial charge in [-0.2, -0.15) is 0 Å². The van der Waals surface area contributed by atoms with Crippen LogP contribution in [0.3, 0.4) is 0 Å². The number of methoxy groups -OCH3 is 2. The Hall–Kier alpha value is -3.17. The number of imidazole rings is 1. The standard InChI is InChI=1S/C31H42ClN5O4/c1-20(21-7-11-35(12-8-21)30(38)41-31(2,3)4)33-22-9-13-36(18-22)23-10-14-37-19-26(34-29(37)15-23)24-16-25(32)28(40-6)17-27(24)39-5/h10,14-17,19-22,33H,7-9,11-13,18H2,1-6H3/t20?,22-/m0/s1. The van der Waals surface area contributed by atoms with Gasteiger partial charge in [0.1, 0.15) is 22.7 Å². The molecule has 0 radical (unpaired) electrons. The summed E-state index contributed by atoms with van der Waals surface area (Å²) in [5.41, 5.74) is 3.18. The molecule has 10 heteroatoms. The van der Waals surface area contributed by atoms with Crippen molar-refractivity contribution in [3.8, 4) is 22.8 Å². The summed E-state index contributed by atoms with van der Waals surface area (Å²) >= 11 is 6.41. The number of nitrogens with one attached hydrogen (secondary N) is 1. The highest BCUT2D eigenvalue weighted by Gasteiger charge is 2.31. The fourth-order valence-corrected chi connectivity index (χ4v) is 6.15. The Kier molecular flexibility index (Phi) is 8.57. The minimum atomic E-state index is -0.458. The normalized spacial score (nSPS) is 19.0. The Balaban J connectivity index is 1.19. The van der Waals surface area contributed by atoms with Crippen molar-refractivity contribution >= 4 is 29.0 Å². The molecule has 41 heavy (non-hydrogen) atoms. The molecule has 4 heterocycles. The molecule has 5 rings (SSSR count). The number of anilines is 1. The van der Waals surface area contributed by atoms with Crippen LogP contribution >= 0.6 is 11.6 Å². The Morgan fingerprint density at radius 1 is 1.07 bits per heavy atom. The fraction of sp³-hybridized carbons (Fsp3) is 0.548. The molecule has 3 aromatic rings. The van der Waals surface area contributed by atoms with Crippen molar-refractivity contribution in [3.63, 3.8) is 0 Å². The predicted molar refractivity (Wildman–Crippen MR) is 162 cm³/mol. The van der Waals surface area contributed by atoms with E-state index in [-0.39, 0.29) is 6.09 Å². The molecule has 1 aromatic carbocycles. The van der Waals surface area contributed by atoms with Gasteiger partial charge in [-0.3, -0.25) is 0 Å². The van der Waals surface area contributed by atoms with E-state index in [9.17, 15) is 4.79 Å². The van der Waals surface area contributed by atoms with E-state index in [4.69, 9.17) is 30.8 Å². The van der Waals surface area contributed by atoms with Crippen LogP contribution in [0.15, 0.2) is 36.7 Å². The number of amides is 1. The van der Waals surface area contributed by atoms with Crippen molar-refractivity contribution in [2.24, 2.45) is 5.92 Å². The molecule has 0 spiro atoms. The van der Waals surface area contributed by atoms with E-state index in [1.54, 1.807) is 20.3 Å². The second-order valence-corrected chi connectivity index (χ2v) is 12.6. The number of piperidine rings is 1. The average Bonchev–Trinajstić information content (AvgIpc) is 3.58. The summed E-state index contributed by atoms with van der Waals surface area (Å²) in [5.74, 6) is 1.77. The second kappa shape index (κ2) is 12.0. The number of carbonyl (C=O) groups is 1. The third-order valence-electron chi connectivity index (χ3n) is 8.14. The van der Waals surface area contributed by atoms with Crippen molar-refractivity contribution in [2.75, 3.05) is 45.3 Å². The highest BCUT2D eigenvalue weighted by Crippen LogP contribution is 2.38. The summed E-state index contributed by atoms with van der Waals surface area (Å²) in [6, 6.07) is 8.72. The van der Waals surface area contributed by atoms with Crippen molar-refractivity contribution < 1.29 is 19.0 Å². The molecular formula is C31H42ClN5O4. The van der Waals surface area contributed by atoms with Gasteiger partial charge in [0.2, 0.25) is 0 Å². The summed E-state index contributed by atoms with van der Waals surface area (Å²) in [4.78, 5) is 21.6. The van der Waals surface area contributed by atoms with Crippen molar-refractivity contribution in [3.05, 3.63) is 41.7 Å². The van der Waals surface area contributed by atoms with Gasteiger partial charge in [0.05, 0.1) is 24.9 Å². The van der Waals surface area contributed by atoms with Gasteiger partial charge in [0.15, 0.2) is 0 Å². The molecule has 1 unspecified atom stereocenters. The Bertz CT molecular complexity index is 1380. The third kappa shape index (κ3) is 6.67. The van der Waals surface area contributed by atoms with Crippen LogP contribution in [0.5, 0.6) is 11.5 Å². The van der Waals surface area contributed by atoms with Gasteiger partial charge in [-0.25, -0.2) is 9.78 Å². The van der Waals surface area contributed by atoms with Gasteiger partial charge < -0.3 is 33.7 Å². The predicted octanol–water partition coefficient (Wildman–Crippen LogP) is 5.88. The van der Waals surface area contributed by atoms with E-state index in [2.05, 4.69) is 35.5 Å². The number of aromatic nitrogens is 2. The molecule has 9 nitrogen and oxygen atoms in total. The Morgan fingerprint density at radius 2 is 1.80 bits per heavy atom. The van der Waals surface area contributed by atoms with Gasteiger partial charge in [0.25, 0.3) is 0 Å². The molecule has 1 amide bonds. The van der Waals surface area contributed by atoms with Gasteiger partial charge in [-0.15, -0.1) is 0 Å². The maximum Gasteiger partial charge on any atom is 0.410 e. The molecule has 0 bridgehead atoms. The first kappa shape index (κ1) is 29.3. The zero-order chi connectivity index (χ0) is 29.3. The number of nitrogens with zero attached hydrogens (tertiary/aromatic N) is 4. The maximum absolute atomic E-state index is 12.4. The van der Waals surface area contributed by atoms with Gasteiger partial charge >= 0.3 is 6.09 Å². The van der Waals surface area contributed by atoms with E-state index in [0.717, 1.165) is 68.0 Å². The van der Waals surface area contributed by atoms with E-state index >= 15 is 0 Å². The number of halogens is 1. The van der Waals surface area contributed by atoms with E-state index < -0.39 is 5.60 Å². The van der Waals surface area contributed by atoms with Crippen LogP contribution in [0.25, 0.3) is 16.9 Å². The van der Waals surface area contributed by atoms with Crippen molar-refractivity contribution in [1.82, 2.24) is 19.6 Å². The van der Waals surface area contributed by atoms with Crippen molar-refractivity contribution in [1.29, 1.82) is 0 Å². The van der Waals surface area contributed by atoms with Gasteiger partial charge in [0, 0.05) is 74.0 Å². The van der Waals surface area contributed by atoms with E-state index in [0.29, 0.717) is 34.5 Å². The van der Waals surface area contributed by atoms with Crippen LogP contribution in [0.4, 0.5) is 10.5 Å². The van der Waals surface area contributed by atoms with Crippen LogP contribution in [0.1, 0.15) is 47.0 Å². The summed E-state index contributed by atoms with van der Waals surface area (Å²) in [5, 5.41) is 4.40. The molecule has 0 saturated carbocycles. The van der Waals surface area contributed by atoms with E-state index in [1.165, 1.54) is 0 Å². The number of hydrogen-bond donors (Lipinski definition) is 1. The lowest BCUT2D eigenvalue weighted by atomic mass is 9.90. The van der Waals surface area contributed by atoms with Gasteiger partial charge in [-0.1, -0.05) is 11.6 Å². The number of carbonyl (C=O) groups excluding carboxylic acids is 1. The van der Waals surface area contributed by atoms with Crippen LogP contribution in [-0.4, -0.2) is 78.5 Å². The minimum absolute atomic E-state index is 0.198. The van der Waals surface area contributed by atoms with Crippen LogP contribution in [0, 0.1) is 5.92 Å². The topological polar surface area (TPSA) is 80.6 Å². The van der Waals surface area contributed by atoms with Crippen molar-refractivity contribution in [2.45, 2.75) is 64.6 Å². The highest BCUT2D eigenvalue weighted by atomic mass is 35.5. The van der Waals surface area contributed by atoms with Crippen LogP contribution in [0.2, 0.25) is 5.02 Å². The average molecular weight is 584 g/mol.